The lowest BCUT2D eigenvalue weighted by atomic mass is 10.1. The van der Waals surface area contributed by atoms with Crippen LogP contribution in [-0.2, 0) is 0 Å². The van der Waals surface area contributed by atoms with Gasteiger partial charge in [-0.3, -0.25) is 0 Å². The van der Waals surface area contributed by atoms with Gasteiger partial charge in [-0.2, -0.15) is 0 Å². The van der Waals surface area contributed by atoms with Gasteiger partial charge in [-0.1, -0.05) is 5.16 Å². The number of nitrogens with zero attached hydrogens (tertiary/aromatic N) is 1. The third-order valence-corrected chi connectivity index (χ3v) is 2.88. The van der Waals surface area contributed by atoms with Crippen molar-refractivity contribution in [2.45, 2.75) is 0 Å². The molecule has 0 atom stereocenters. The van der Waals surface area contributed by atoms with Crippen molar-refractivity contribution in [2.24, 2.45) is 0 Å². The molecule has 2 aromatic rings. The minimum atomic E-state index is -0.407. The summed E-state index contributed by atoms with van der Waals surface area (Å²) >= 11 is 3.11. The van der Waals surface area contributed by atoms with Crippen molar-refractivity contribution >= 4 is 21.8 Å². The van der Waals surface area contributed by atoms with E-state index in [1.54, 1.807) is 6.07 Å². The standard InChI is InChI=1S/C10H8BrFN2O2/c1-15-9-5(2-3-7(12)8(9)11)6-4-14-16-10(6)13/h2-4H,13H2,1H3. The summed E-state index contributed by atoms with van der Waals surface area (Å²) in [5, 5.41) is 3.56. The van der Waals surface area contributed by atoms with E-state index in [9.17, 15) is 4.39 Å². The molecule has 1 aromatic heterocycles. The van der Waals surface area contributed by atoms with Gasteiger partial charge in [0.1, 0.15) is 11.6 Å². The second-order valence-corrected chi connectivity index (χ2v) is 3.84. The van der Waals surface area contributed by atoms with Gasteiger partial charge in [0, 0.05) is 5.56 Å². The molecule has 0 aliphatic carbocycles. The van der Waals surface area contributed by atoms with Gasteiger partial charge in [-0.25, -0.2) is 4.39 Å². The van der Waals surface area contributed by atoms with Crippen LogP contribution < -0.4 is 10.5 Å². The topological polar surface area (TPSA) is 61.3 Å². The number of anilines is 1. The Morgan fingerprint density at radius 3 is 2.75 bits per heavy atom. The van der Waals surface area contributed by atoms with E-state index in [0.29, 0.717) is 16.9 Å². The number of aromatic nitrogens is 1. The molecule has 2 N–H and O–H groups in total. The molecule has 6 heteroatoms. The van der Waals surface area contributed by atoms with Crippen molar-refractivity contribution < 1.29 is 13.7 Å². The normalized spacial score (nSPS) is 10.4. The van der Waals surface area contributed by atoms with Crippen molar-refractivity contribution in [3.8, 4) is 16.9 Å². The molecule has 0 unspecified atom stereocenters. The quantitative estimate of drug-likeness (QED) is 0.922. The van der Waals surface area contributed by atoms with Gasteiger partial charge in [0.2, 0.25) is 5.88 Å². The zero-order valence-corrected chi connectivity index (χ0v) is 9.92. The highest BCUT2D eigenvalue weighted by atomic mass is 79.9. The molecule has 1 aromatic carbocycles. The average Bonchev–Trinajstić information content (AvgIpc) is 2.68. The Bertz CT molecular complexity index is 528. The molecule has 0 saturated carbocycles. The Kier molecular flexibility index (Phi) is 2.82. The van der Waals surface area contributed by atoms with Crippen molar-refractivity contribution in [3.05, 3.63) is 28.6 Å². The van der Waals surface area contributed by atoms with Gasteiger partial charge >= 0.3 is 0 Å². The van der Waals surface area contributed by atoms with E-state index in [-0.39, 0.29) is 10.4 Å². The van der Waals surface area contributed by atoms with E-state index in [0.717, 1.165) is 0 Å². The number of rotatable bonds is 2. The summed E-state index contributed by atoms with van der Waals surface area (Å²) in [6, 6.07) is 2.87. The van der Waals surface area contributed by atoms with Crippen LogP contribution in [-0.4, -0.2) is 12.3 Å². The van der Waals surface area contributed by atoms with E-state index in [2.05, 4.69) is 21.1 Å². The van der Waals surface area contributed by atoms with Crippen molar-refractivity contribution in [1.29, 1.82) is 0 Å². The van der Waals surface area contributed by atoms with Gasteiger partial charge < -0.3 is 15.0 Å². The summed E-state index contributed by atoms with van der Waals surface area (Å²) in [5.41, 5.74) is 6.78. The van der Waals surface area contributed by atoms with Gasteiger partial charge in [-0.15, -0.1) is 0 Å². The molecule has 0 saturated heterocycles. The Morgan fingerprint density at radius 2 is 2.19 bits per heavy atom. The fourth-order valence-corrected chi connectivity index (χ4v) is 1.90. The third-order valence-electron chi connectivity index (χ3n) is 2.14. The van der Waals surface area contributed by atoms with E-state index >= 15 is 0 Å². The van der Waals surface area contributed by atoms with Crippen LogP contribution >= 0.6 is 15.9 Å². The van der Waals surface area contributed by atoms with E-state index in [1.807, 2.05) is 0 Å². The van der Waals surface area contributed by atoms with Gasteiger partial charge in [0.05, 0.1) is 23.3 Å². The van der Waals surface area contributed by atoms with Crippen LogP contribution in [0.4, 0.5) is 10.3 Å². The number of nitrogens with two attached hydrogens (primary N) is 1. The maximum Gasteiger partial charge on any atom is 0.230 e. The zero-order valence-electron chi connectivity index (χ0n) is 8.33. The smallest absolute Gasteiger partial charge is 0.230 e. The van der Waals surface area contributed by atoms with E-state index in [4.69, 9.17) is 15.0 Å². The fourth-order valence-electron chi connectivity index (χ4n) is 1.39. The first-order valence-corrected chi connectivity index (χ1v) is 5.17. The molecule has 16 heavy (non-hydrogen) atoms. The number of hydrogen-bond acceptors (Lipinski definition) is 4. The number of methoxy groups -OCH3 is 1. The molecular formula is C10H8BrFN2O2. The molecule has 84 valence electrons. The average molecular weight is 287 g/mol. The summed E-state index contributed by atoms with van der Waals surface area (Å²) < 4.78 is 23.4. The van der Waals surface area contributed by atoms with Crippen LogP contribution in [0.5, 0.6) is 5.75 Å². The largest absolute Gasteiger partial charge is 0.495 e. The zero-order chi connectivity index (χ0) is 11.7. The molecular weight excluding hydrogens is 279 g/mol. The first-order valence-electron chi connectivity index (χ1n) is 4.37. The highest BCUT2D eigenvalue weighted by molar-refractivity contribution is 9.10. The SMILES string of the molecule is COc1c(-c2cnoc2N)ccc(F)c1Br. The number of hydrogen-bond donors (Lipinski definition) is 1. The molecule has 1 heterocycles. The first kappa shape index (κ1) is 10.9. The van der Waals surface area contributed by atoms with Gasteiger partial charge in [0.25, 0.3) is 0 Å². The summed E-state index contributed by atoms with van der Waals surface area (Å²) in [6.45, 7) is 0. The van der Waals surface area contributed by atoms with Gasteiger partial charge in [-0.05, 0) is 28.1 Å². The molecule has 2 rings (SSSR count). The number of halogens is 2. The minimum Gasteiger partial charge on any atom is -0.495 e. The molecule has 0 fully saturated rings. The molecule has 0 spiro atoms. The van der Waals surface area contributed by atoms with E-state index in [1.165, 1.54) is 19.4 Å². The molecule has 0 aliphatic heterocycles. The van der Waals surface area contributed by atoms with Crippen molar-refractivity contribution in [3.63, 3.8) is 0 Å². The van der Waals surface area contributed by atoms with E-state index < -0.39 is 5.82 Å². The van der Waals surface area contributed by atoms with Crippen LogP contribution in [0, 0.1) is 5.82 Å². The minimum absolute atomic E-state index is 0.164. The molecule has 4 nitrogen and oxygen atoms in total. The monoisotopic (exact) mass is 286 g/mol. The fraction of sp³-hybridized carbons (Fsp3) is 0.100. The first-order chi connectivity index (χ1) is 7.65. The van der Waals surface area contributed by atoms with Gasteiger partial charge in [0.15, 0.2) is 0 Å². The number of ether oxygens (including phenoxy) is 1. The lowest BCUT2D eigenvalue weighted by Crippen LogP contribution is -1.93. The van der Waals surface area contributed by atoms with Crippen molar-refractivity contribution in [2.75, 3.05) is 12.8 Å². The molecule has 0 aliphatic rings. The Balaban J connectivity index is 2.66. The predicted molar refractivity (Wildman–Crippen MR) is 60.6 cm³/mol. The summed E-state index contributed by atoms with van der Waals surface area (Å²) in [7, 11) is 1.45. The number of benzene rings is 1. The highest BCUT2D eigenvalue weighted by Crippen LogP contribution is 2.39. The maximum absolute atomic E-state index is 13.3. The maximum atomic E-state index is 13.3. The van der Waals surface area contributed by atoms with Crippen LogP contribution in [0.25, 0.3) is 11.1 Å². The van der Waals surface area contributed by atoms with Crippen LogP contribution in [0.2, 0.25) is 0 Å². The molecule has 0 radical (unpaired) electrons. The summed E-state index contributed by atoms with van der Waals surface area (Å²) in [4.78, 5) is 0. The second-order valence-electron chi connectivity index (χ2n) is 3.05. The van der Waals surface area contributed by atoms with Crippen LogP contribution in [0.3, 0.4) is 0 Å². The van der Waals surface area contributed by atoms with Crippen LogP contribution in [0.15, 0.2) is 27.3 Å². The lowest BCUT2D eigenvalue weighted by Gasteiger charge is -2.09. The summed E-state index contributed by atoms with van der Waals surface area (Å²) in [6.07, 6.45) is 1.46. The van der Waals surface area contributed by atoms with Crippen molar-refractivity contribution in [1.82, 2.24) is 5.16 Å². The Hall–Kier alpha value is -1.56. The Labute approximate surface area is 99.3 Å². The summed E-state index contributed by atoms with van der Waals surface area (Å²) in [5.74, 6) is 0.113. The predicted octanol–water partition coefficient (Wildman–Crippen LogP) is 2.83. The number of nitrogen functional groups attached to an aromatic ring is 1. The molecule has 0 amide bonds. The second kappa shape index (κ2) is 4.13. The Morgan fingerprint density at radius 1 is 1.44 bits per heavy atom. The molecule has 0 bridgehead atoms. The lowest BCUT2D eigenvalue weighted by molar-refractivity contribution is 0.409. The highest BCUT2D eigenvalue weighted by Gasteiger charge is 2.17. The van der Waals surface area contributed by atoms with Crippen LogP contribution in [0.1, 0.15) is 0 Å². The third kappa shape index (κ3) is 1.65.